The second kappa shape index (κ2) is 16.6. The second-order valence-electron chi connectivity index (χ2n) is 5.73. The Hall–Kier alpha value is -1.30. The molecule has 0 heterocycles. The van der Waals surface area contributed by atoms with Crippen molar-refractivity contribution in [1.82, 2.24) is 10.6 Å². The number of nitrogens with zero attached hydrogens (tertiary/aromatic N) is 1. The minimum Gasteiger partial charge on any atom is -0.497 e. The molecule has 0 radical (unpaired) electrons. The molecular weight excluding hydrogens is 477 g/mol. The lowest BCUT2D eigenvalue weighted by molar-refractivity contribution is 0.0698. The number of ether oxygens (including phenoxy) is 4. The Morgan fingerprint density at radius 3 is 2.54 bits per heavy atom. The standard InChI is InChI=1S/C19H33N3O5.HI/c1-5-20-19(21-9-6-10-27-12-11-24-2)22-14-17(23)16-13-15(25-3)7-8-18(16)26-4;/h7-8,13,17,23H,5-6,9-12,14H2,1-4H3,(H2,20,21,22);1H. The topological polar surface area (TPSA) is 93.6 Å². The molecule has 0 aliphatic heterocycles. The number of aliphatic imine (C=N–C) groups is 1. The van der Waals surface area contributed by atoms with Crippen molar-refractivity contribution in [2.45, 2.75) is 19.4 Å². The maximum atomic E-state index is 10.5. The highest BCUT2D eigenvalue weighted by Gasteiger charge is 2.14. The monoisotopic (exact) mass is 511 g/mol. The van der Waals surface area contributed by atoms with Crippen LogP contribution in [-0.4, -0.2) is 71.9 Å². The first-order chi connectivity index (χ1) is 13.2. The fourth-order valence-electron chi connectivity index (χ4n) is 2.34. The van der Waals surface area contributed by atoms with Crippen molar-refractivity contribution in [2.75, 3.05) is 60.8 Å². The Morgan fingerprint density at radius 2 is 1.89 bits per heavy atom. The summed E-state index contributed by atoms with van der Waals surface area (Å²) in [6, 6.07) is 5.32. The Bertz CT molecular complexity index is 560. The summed E-state index contributed by atoms with van der Waals surface area (Å²) >= 11 is 0. The highest BCUT2D eigenvalue weighted by molar-refractivity contribution is 14.0. The number of rotatable bonds is 13. The number of hydrogen-bond donors (Lipinski definition) is 3. The zero-order valence-electron chi connectivity index (χ0n) is 17.2. The van der Waals surface area contributed by atoms with E-state index < -0.39 is 6.10 Å². The van der Waals surface area contributed by atoms with E-state index in [0.29, 0.717) is 42.8 Å². The number of benzene rings is 1. The fourth-order valence-corrected chi connectivity index (χ4v) is 2.34. The summed E-state index contributed by atoms with van der Waals surface area (Å²) in [5.41, 5.74) is 0.642. The van der Waals surface area contributed by atoms with Gasteiger partial charge in [0.05, 0.1) is 34.0 Å². The zero-order chi connectivity index (χ0) is 19.9. The number of nitrogens with one attached hydrogen (secondary N) is 2. The molecule has 3 N–H and O–H groups in total. The Morgan fingerprint density at radius 1 is 1.11 bits per heavy atom. The number of aliphatic hydroxyl groups excluding tert-OH is 1. The van der Waals surface area contributed by atoms with E-state index in [4.69, 9.17) is 18.9 Å². The van der Waals surface area contributed by atoms with Gasteiger partial charge in [0, 0.05) is 32.4 Å². The summed E-state index contributed by atoms with van der Waals surface area (Å²) in [5, 5.41) is 16.9. The van der Waals surface area contributed by atoms with E-state index in [2.05, 4.69) is 15.6 Å². The van der Waals surface area contributed by atoms with Crippen LogP contribution in [-0.2, 0) is 9.47 Å². The van der Waals surface area contributed by atoms with Crippen LogP contribution in [0.4, 0.5) is 0 Å². The molecule has 1 aromatic carbocycles. The summed E-state index contributed by atoms with van der Waals surface area (Å²) < 4.78 is 20.9. The van der Waals surface area contributed by atoms with Crippen molar-refractivity contribution in [2.24, 2.45) is 4.99 Å². The average Bonchev–Trinajstić information content (AvgIpc) is 2.70. The molecule has 9 heteroatoms. The van der Waals surface area contributed by atoms with Gasteiger partial charge in [-0.05, 0) is 31.5 Å². The SMILES string of the molecule is CCNC(=NCC(O)c1cc(OC)ccc1OC)NCCCOCCOC.I. The van der Waals surface area contributed by atoms with E-state index in [1.54, 1.807) is 39.5 Å². The normalized spacial score (nSPS) is 12.1. The van der Waals surface area contributed by atoms with Crippen molar-refractivity contribution in [3.8, 4) is 11.5 Å². The van der Waals surface area contributed by atoms with Crippen molar-refractivity contribution in [3.63, 3.8) is 0 Å². The molecule has 0 aliphatic rings. The summed E-state index contributed by atoms with van der Waals surface area (Å²) in [7, 11) is 4.81. The predicted octanol–water partition coefficient (Wildman–Crippen LogP) is 1.96. The van der Waals surface area contributed by atoms with Crippen molar-refractivity contribution in [3.05, 3.63) is 23.8 Å². The van der Waals surface area contributed by atoms with Crippen LogP contribution < -0.4 is 20.1 Å². The lowest BCUT2D eigenvalue weighted by Crippen LogP contribution is -2.38. The van der Waals surface area contributed by atoms with Crippen LogP contribution in [0, 0.1) is 0 Å². The number of aliphatic hydroxyl groups is 1. The van der Waals surface area contributed by atoms with E-state index in [1.165, 1.54) is 0 Å². The maximum absolute atomic E-state index is 10.5. The van der Waals surface area contributed by atoms with Crippen LogP contribution in [0.15, 0.2) is 23.2 Å². The summed E-state index contributed by atoms with van der Waals surface area (Å²) in [6.07, 6.45) is 0.0447. The van der Waals surface area contributed by atoms with Gasteiger partial charge in [-0.2, -0.15) is 0 Å². The van der Waals surface area contributed by atoms with Gasteiger partial charge in [-0.3, -0.25) is 4.99 Å². The van der Waals surface area contributed by atoms with Crippen LogP contribution >= 0.6 is 24.0 Å². The quantitative estimate of drug-likeness (QED) is 0.161. The molecule has 1 aromatic rings. The van der Waals surface area contributed by atoms with Crippen LogP contribution in [0.2, 0.25) is 0 Å². The molecule has 8 nitrogen and oxygen atoms in total. The fraction of sp³-hybridized carbons (Fsp3) is 0.632. The van der Waals surface area contributed by atoms with Gasteiger partial charge < -0.3 is 34.7 Å². The first-order valence-electron chi connectivity index (χ1n) is 9.15. The van der Waals surface area contributed by atoms with Gasteiger partial charge in [0.2, 0.25) is 0 Å². The van der Waals surface area contributed by atoms with Gasteiger partial charge in [0.1, 0.15) is 17.6 Å². The first-order valence-corrected chi connectivity index (χ1v) is 9.15. The summed E-state index contributed by atoms with van der Waals surface area (Å²) in [5.74, 6) is 1.91. The Kier molecular flexibility index (Phi) is 15.9. The van der Waals surface area contributed by atoms with Crippen molar-refractivity contribution in [1.29, 1.82) is 0 Å². The molecule has 0 saturated carbocycles. The number of hydrogen-bond acceptors (Lipinski definition) is 6. The van der Waals surface area contributed by atoms with E-state index in [0.717, 1.165) is 19.5 Å². The molecule has 0 aliphatic carbocycles. The molecule has 0 bridgehead atoms. The molecule has 162 valence electrons. The first kappa shape index (κ1) is 26.7. The molecule has 1 unspecified atom stereocenters. The lowest BCUT2D eigenvalue weighted by Gasteiger charge is -2.16. The zero-order valence-corrected chi connectivity index (χ0v) is 19.5. The van der Waals surface area contributed by atoms with Crippen molar-refractivity contribution < 1.29 is 24.1 Å². The third-order valence-corrected chi connectivity index (χ3v) is 3.75. The minimum absolute atomic E-state index is 0. The molecule has 1 atom stereocenters. The van der Waals surface area contributed by atoms with Gasteiger partial charge >= 0.3 is 0 Å². The highest BCUT2D eigenvalue weighted by atomic mass is 127. The smallest absolute Gasteiger partial charge is 0.191 e. The second-order valence-corrected chi connectivity index (χ2v) is 5.73. The largest absolute Gasteiger partial charge is 0.497 e. The van der Waals surface area contributed by atoms with Crippen LogP contribution in [0.3, 0.4) is 0 Å². The molecule has 28 heavy (non-hydrogen) atoms. The maximum Gasteiger partial charge on any atom is 0.191 e. The van der Waals surface area contributed by atoms with Crippen molar-refractivity contribution >= 4 is 29.9 Å². The van der Waals surface area contributed by atoms with E-state index >= 15 is 0 Å². The molecule has 0 aromatic heterocycles. The molecule has 0 fully saturated rings. The minimum atomic E-state index is -0.803. The number of halogens is 1. The molecular formula is C19H34IN3O5. The summed E-state index contributed by atoms with van der Waals surface area (Å²) in [4.78, 5) is 4.46. The van der Waals surface area contributed by atoms with Gasteiger partial charge in [-0.1, -0.05) is 0 Å². The number of methoxy groups -OCH3 is 3. The van der Waals surface area contributed by atoms with E-state index in [9.17, 15) is 5.11 Å². The van der Waals surface area contributed by atoms with E-state index in [1.807, 2.05) is 6.92 Å². The lowest BCUT2D eigenvalue weighted by atomic mass is 10.1. The molecule has 0 saturated heterocycles. The third-order valence-electron chi connectivity index (χ3n) is 3.75. The van der Waals surface area contributed by atoms with Crippen LogP contribution in [0.25, 0.3) is 0 Å². The third kappa shape index (κ3) is 10.3. The predicted molar refractivity (Wildman–Crippen MR) is 121 cm³/mol. The Balaban J connectivity index is 0.00000729. The molecule has 0 amide bonds. The molecule has 1 rings (SSSR count). The van der Waals surface area contributed by atoms with Gasteiger partial charge in [0.25, 0.3) is 0 Å². The molecule has 0 spiro atoms. The van der Waals surface area contributed by atoms with E-state index in [-0.39, 0.29) is 30.5 Å². The average molecular weight is 511 g/mol. The van der Waals surface area contributed by atoms with Crippen LogP contribution in [0.5, 0.6) is 11.5 Å². The number of guanidine groups is 1. The highest BCUT2D eigenvalue weighted by Crippen LogP contribution is 2.29. The van der Waals surface area contributed by atoms with Gasteiger partial charge in [-0.15, -0.1) is 24.0 Å². The summed E-state index contributed by atoms with van der Waals surface area (Å²) in [6.45, 7) is 5.49. The van der Waals surface area contributed by atoms with Gasteiger partial charge in [0.15, 0.2) is 5.96 Å². The Labute approximate surface area is 185 Å². The van der Waals surface area contributed by atoms with Gasteiger partial charge in [-0.25, -0.2) is 0 Å². The van der Waals surface area contributed by atoms with Crippen LogP contribution in [0.1, 0.15) is 25.0 Å².